The van der Waals surface area contributed by atoms with E-state index in [2.05, 4.69) is 40.8 Å². The highest BCUT2D eigenvalue weighted by Gasteiger charge is 2.30. The summed E-state index contributed by atoms with van der Waals surface area (Å²) in [4.78, 5) is 66.2. The van der Waals surface area contributed by atoms with Gasteiger partial charge in [0, 0.05) is 47.4 Å². The van der Waals surface area contributed by atoms with Gasteiger partial charge in [0.05, 0.1) is 23.7 Å². The number of carboxylic acid groups (broad SMARTS) is 2. The molecule has 3 atom stereocenters. The number of imidazole rings is 2. The summed E-state index contributed by atoms with van der Waals surface area (Å²) in [6.07, 6.45) is 11.0. The Morgan fingerprint density at radius 3 is 1.68 bits per heavy atom. The highest BCUT2D eigenvalue weighted by Crippen LogP contribution is 2.33. The van der Waals surface area contributed by atoms with Gasteiger partial charge in [-0.05, 0) is 121 Å². The van der Waals surface area contributed by atoms with E-state index in [1.165, 1.54) is 18.1 Å². The highest BCUT2D eigenvalue weighted by atomic mass is 35.5. The number of anilines is 3. The van der Waals surface area contributed by atoms with E-state index in [0.717, 1.165) is 33.8 Å². The molecule has 0 bridgehead atoms. The Kier molecular flexibility index (Phi) is 21.6. The summed E-state index contributed by atoms with van der Waals surface area (Å²) in [6.45, 7) is 4.63. The van der Waals surface area contributed by atoms with Gasteiger partial charge in [-0.25, -0.2) is 28.0 Å². The standard InChI is InChI=1S/C30H32N4O5S2.C23H26N4O3S.ClH/c1-20-8-11-24(12-9-20)41(38,39)28(17-23-18-31-19-32-23)33-22-10-13-25(26(16-22)21-6-4-3-5-7-21)29(35)34-27(30(36)37)14-15-40-2;1-3-27(21-14-24-15-25-21)17-9-10-18(19(13-17)16-7-5-4-6-8-16)22(28)26-20(23(29)30)11-12-31-2;/h3-13,16,18-19,27-28,33H,14-15,17H2,1-2H3,(H,31,32)(H,34,35)(H,36,37);4-10,13-15,20H,3,11-12H2,1-2H3,(H,24,25)(H,26,28)(H,29,30);1H/t27-,28?;20-;/m00./s1. The lowest BCUT2D eigenvalue weighted by molar-refractivity contribution is -0.140. The van der Waals surface area contributed by atoms with Crippen molar-refractivity contribution in [3.8, 4) is 22.3 Å². The third-order valence-electron chi connectivity index (χ3n) is 11.5. The summed E-state index contributed by atoms with van der Waals surface area (Å²) in [5.74, 6) is -0.974. The molecule has 0 aliphatic carbocycles. The zero-order valence-corrected chi connectivity index (χ0v) is 43.9. The molecule has 0 saturated carbocycles. The number of nitrogens with one attached hydrogen (secondary N) is 5. The van der Waals surface area contributed by atoms with E-state index in [4.69, 9.17) is 0 Å². The van der Waals surface area contributed by atoms with Crippen LogP contribution >= 0.6 is 35.9 Å². The normalized spacial score (nSPS) is 12.2. The van der Waals surface area contributed by atoms with Crippen molar-refractivity contribution < 1.29 is 37.8 Å². The monoisotopic (exact) mass is 1070 g/mol. The molecular weight excluding hydrogens is 1010 g/mol. The molecule has 0 aliphatic rings. The zero-order chi connectivity index (χ0) is 51.6. The van der Waals surface area contributed by atoms with E-state index >= 15 is 0 Å². The van der Waals surface area contributed by atoms with Crippen LogP contribution in [0.5, 0.6) is 0 Å². The Morgan fingerprint density at radius 1 is 0.685 bits per heavy atom. The molecule has 20 heteroatoms. The predicted molar refractivity (Wildman–Crippen MR) is 294 cm³/mol. The first kappa shape index (κ1) is 56.8. The Morgan fingerprint density at radius 2 is 1.21 bits per heavy atom. The van der Waals surface area contributed by atoms with Gasteiger partial charge in [-0.15, -0.1) is 12.4 Å². The molecule has 73 heavy (non-hydrogen) atoms. The Bertz CT molecular complexity index is 2990. The van der Waals surface area contributed by atoms with Gasteiger partial charge in [0.15, 0.2) is 9.84 Å². The molecule has 2 aromatic heterocycles. The summed E-state index contributed by atoms with van der Waals surface area (Å²) in [5, 5.41) is 26.6. The van der Waals surface area contributed by atoms with E-state index in [1.807, 2.05) is 99.2 Å². The van der Waals surface area contributed by atoms with Crippen molar-refractivity contribution in [3.05, 3.63) is 169 Å². The number of H-pyrrole nitrogens is 2. The van der Waals surface area contributed by atoms with Crippen molar-refractivity contribution in [2.75, 3.05) is 40.8 Å². The summed E-state index contributed by atoms with van der Waals surface area (Å²) in [6, 6.07) is 34.0. The van der Waals surface area contributed by atoms with Crippen LogP contribution in [0, 0.1) is 6.92 Å². The van der Waals surface area contributed by atoms with Crippen molar-refractivity contribution in [2.24, 2.45) is 0 Å². The zero-order valence-electron chi connectivity index (χ0n) is 40.6. The molecule has 0 spiro atoms. The van der Waals surface area contributed by atoms with E-state index in [1.54, 1.807) is 79.0 Å². The molecule has 7 rings (SSSR count). The van der Waals surface area contributed by atoms with E-state index < -0.39 is 51.0 Å². The van der Waals surface area contributed by atoms with E-state index in [9.17, 15) is 37.8 Å². The third-order valence-corrected chi connectivity index (χ3v) is 14.8. The van der Waals surface area contributed by atoms with Crippen LogP contribution in [0.4, 0.5) is 17.2 Å². The topological polar surface area (TPSA) is 240 Å². The number of halogens is 1. The quantitative estimate of drug-likeness (QED) is 0.0316. The average Bonchev–Trinajstić information content (AvgIpc) is 4.13. The van der Waals surface area contributed by atoms with Crippen LogP contribution in [-0.4, -0.2) is 110 Å². The van der Waals surface area contributed by atoms with Gasteiger partial charge in [0.2, 0.25) is 0 Å². The van der Waals surface area contributed by atoms with Gasteiger partial charge in [0.1, 0.15) is 23.3 Å². The molecular formula is C53H59ClN8O8S3. The van der Waals surface area contributed by atoms with Crippen molar-refractivity contribution in [2.45, 2.75) is 55.5 Å². The molecule has 7 aromatic rings. The van der Waals surface area contributed by atoms with Crippen molar-refractivity contribution in [3.63, 3.8) is 0 Å². The predicted octanol–water partition coefficient (Wildman–Crippen LogP) is 9.37. The fraction of sp³-hybridized carbons (Fsp3) is 0.245. The molecule has 384 valence electrons. The lowest BCUT2D eigenvalue weighted by Crippen LogP contribution is -2.41. The molecule has 0 saturated heterocycles. The second kappa shape index (κ2) is 27.7. The van der Waals surface area contributed by atoms with Gasteiger partial charge in [0.25, 0.3) is 11.8 Å². The summed E-state index contributed by atoms with van der Waals surface area (Å²) < 4.78 is 27.5. The van der Waals surface area contributed by atoms with Crippen LogP contribution in [0.1, 0.15) is 51.7 Å². The number of carboxylic acids is 2. The number of carbonyl (C=O) groups is 4. The van der Waals surface area contributed by atoms with Gasteiger partial charge >= 0.3 is 11.9 Å². The first-order valence-corrected chi connectivity index (χ1v) is 27.3. The fourth-order valence-electron chi connectivity index (χ4n) is 7.70. The number of aromatic amines is 2. The maximum atomic E-state index is 13.8. The van der Waals surface area contributed by atoms with Crippen LogP contribution in [0.2, 0.25) is 0 Å². The SMILES string of the molecule is CCN(c1ccc(C(=O)N[C@@H](CCSC)C(=O)O)c(-c2ccccc2)c1)c1cnc[nH]1.CSCC[C@H](NC(=O)c1ccc(NC(Cc2cnc[nH]2)S(=O)(=O)c2ccc(C)cc2)cc1-c1ccccc1)C(=O)O.Cl. The molecule has 16 nitrogen and oxygen atoms in total. The van der Waals surface area contributed by atoms with Gasteiger partial charge in [-0.3, -0.25) is 9.59 Å². The lowest BCUT2D eigenvalue weighted by Gasteiger charge is -2.23. The van der Waals surface area contributed by atoms with Crippen LogP contribution in [0.3, 0.4) is 0 Å². The second-order valence-corrected chi connectivity index (χ2v) is 20.6. The number of benzene rings is 5. The number of thioether (sulfide) groups is 2. The van der Waals surface area contributed by atoms with E-state index in [0.29, 0.717) is 47.0 Å². The second-order valence-electron chi connectivity index (χ2n) is 16.5. The molecule has 0 radical (unpaired) electrons. The molecule has 0 fully saturated rings. The summed E-state index contributed by atoms with van der Waals surface area (Å²) in [5.41, 5.74) is 6.57. The molecule has 1 unspecified atom stereocenters. The maximum absolute atomic E-state index is 13.8. The molecule has 0 aliphatic heterocycles. The number of aliphatic carboxylic acids is 2. The summed E-state index contributed by atoms with van der Waals surface area (Å²) >= 11 is 3.05. The summed E-state index contributed by atoms with van der Waals surface area (Å²) in [7, 11) is -3.84. The van der Waals surface area contributed by atoms with Gasteiger partial charge in [-0.2, -0.15) is 23.5 Å². The van der Waals surface area contributed by atoms with Crippen LogP contribution in [-0.2, 0) is 25.8 Å². The fourth-order valence-corrected chi connectivity index (χ4v) is 10.2. The minimum atomic E-state index is -3.84. The van der Waals surface area contributed by atoms with Crippen LogP contribution < -0.4 is 20.9 Å². The van der Waals surface area contributed by atoms with Crippen molar-refractivity contribution in [1.29, 1.82) is 0 Å². The first-order valence-electron chi connectivity index (χ1n) is 23.0. The van der Waals surface area contributed by atoms with Gasteiger partial charge in [-0.1, -0.05) is 78.4 Å². The van der Waals surface area contributed by atoms with E-state index in [-0.39, 0.29) is 35.7 Å². The smallest absolute Gasteiger partial charge is 0.326 e. The highest BCUT2D eigenvalue weighted by molar-refractivity contribution is 7.98. The van der Waals surface area contributed by atoms with Crippen molar-refractivity contribution in [1.82, 2.24) is 30.6 Å². The number of aromatic nitrogens is 4. The molecule has 2 amide bonds. The Balaban J connectivity index is 0.000000277. The van der Waals surface area contributed by atoms with Crippen LogP contribution in [0.15, 0.2) is 151 Å². The minimum Gasteiger partial charge on any atom is -0.480 e. The average molecular weight is 1070 g/mol. The Hall–Kier alpha value is -7.06. The van der Waals surface area contributed by atoms with Crippen molar-refractivity contribution >= 4 is 86.7 Å². The molecule has 2 heterocycles. The number of amides is 2. The lowest BCUT2D eigenvalue weighted by atomic mass is 9.97. The number of rotatable bonds is 23. The maximum Gasteiger partial charge on any atom is 0.326 e. The first-order chi connectivity index (χ1) is 34.7. The minimum absolute atomic E-state index is 0. The number of nitrogens with zero attached hydrogens (tertiary/aromatic N) is 3. The van der Waals surface area contributed by atoms with Gasteiger partial charge < -0.3 is 41.0 Å². The molecule has 5 aromatic carbocycles. The third kappa shape index (κ3) is 15.5. The molecule has 7 N–H and O–H groups in total. The number of hydrogen-bond donors (Lipinski definition) is 7. The number of carbonyl (C=O) groups excluding carboxylic acids is 2. The number of sulfone groups is 1. The Labute approximate surface area is 440 Å². The number of hydrogen-bond acceptors (Lipinski definition) is 12. The largest absolute Gasteiger partial charge is 0.480 e. The van der Waals surface area contributed by atoms with Crippen LogP contribution in [0.25, 0.3) is 22.3 Å². The number of aryl methyl sites for hydroxylation is 1.